The van der Waals surface area contributed by atoms with Gasteiger partial charge in [0.05, 0.1) is 18.1 Å². The third-order valence-corrected chi connectivity index (χ3v) is 3.74. The van der Waals surface area contributed by atoms with E-state index in [1.807, 2.05) is 6.92 Å². The summed E-state index contributed by atoms with van der Waals surface area (Å²) in [6.07, 6.45) is 3.21. The molecule has 16 heavy (non-hydrogen) atoms. The lowest BCUT2D eigenvalue weighted by Gasteiger charge is -2.28. The van der Waals surface area contributed by atoms with E-state index in [-0.39, 0.29) is 24.0 Å². The Morgan fingerprint density at radius 1 is 1.31 bits per heavy atom. The highest BCUT2D eigenvalue weighted by Gasteiger charge is 2.30. The molecule has 4 nitrogen and oxygen atoms in total. The Balaban J connectivity index is 1.79. The zero-order valence-electron chi connectivity index (χ0n) is 10.2. The van der Waals surface area contributed by atoms with Crippen molar-refractivity contribution in [3.05, 3.63) is 0 Å². The fourth-order valence-corrected chi connectivity index (χ4v) is 2.44. The summed E-state index contributed by atoms with van der Waals surface area (Å²) in [4.78, 5) is 12.0. The van der Waals surface area contributed by atoms with Crippen molar-refractivity contribution in [2.75, 3.05) is 13.2 Å². The van der Waals surface area contributed by atoms with Crippen molar-refractivity contribution in [1.29, 1.82) is 0 Å². The van der Waals surface area contributed by atoms with Crippen LogP contribution in [0.5, 0.6) is 0 Å². The monoisotopic (exact) mass is 226 g/mol. The van der Waals surface area contributed by atoms with Gasteiger partial charge < -0.3 is 15.4 Å². The molecule has 0 radical (unpaired) electrons. The molecule has 4 atom stereocenters. The molecule has 4 heteroatoms. The van der Waals surface area contributed by atoms with Crippen LogP contribution in [0.4, 0.5) is 0 Å². The summed E-state index contributed by atoms with van der Waals surface area (Å²) in [5, 5.41) is 6.47. The second kappa shape index (κ2) is 5.15. The molecular formula is C12H22N2O2. The third-order valence-electron chi connectivity index (χ3n) is 3.74. The van der Waals surface area contributed by atoms with Gasteiger partial charge in [-0.2, -0.15) is 0 Å². The van der Waals surface area contributed by atoms with Crippen LogP contribution < -0.4 is 10.6 Å². The maximum atomic E-state index is 12.0. The van der Waals surface area contributed by atoms with E-state index in [0.29, 0.717) is 6.04 Å². The van der Waals surface area contributed by atoms with E-state index in [9.17, 15) is 4.79 Å². The Bertz CT molecular complexity index is 249. The highest BCUT2D eigenvalue weighted by Crippen LogP contribution is 2.17. The zero-order chi connectivity index (χ0) is 11.5. The fraction of sp³-hybridized carbons (Fsp3) is 0.917. The molecule has 2 aliphatic heterocycles. The van der Waals surface area contributed by atoms with Gasteiger partial charge in [0.15, 0.2) is 0 Å². The largest absolute Gasteiger partial charge is 0.376 e. The first-order chi connectivity index (χ1) is 7.66. The number of nitrogens with one attached hydrogen (secondary N) is 2. The molecule has 0 spiro atoms. The van der Waals surface area contributed by atoms with Gasteiger partial charge in [-0.25, -0.2) is 0 Å². The molecule has 0 aromatic heterocycles. The van der Waals surface area contributed by atoms with E-state index in [0.717, 1.165) is 32.4 Å². The zero-order valence-corrected chi connectivity index (χ0v) is 10.2. The first-order valence-electron chi connectivity index (χ1n) is 6.32. The lowest BCUT2D eigenvalue weighted by atomic mass is 9.94. The van der Waals surface area contributed by atoms with Crippen molar-refractivity contribution in [3.8, 4) is 0 Å². The van der Waals surface area contributed by atoms with Gasteiger partial charge in [-0.15, -0.1) is 0 Å². The number of ether oxygens (including phenoxy) is 1. The van der Waals surface area contributed by atoms with Gasteiger partial charge in [-0.1, -0.05) is 0 Å². The van der Waals surface area contributed by atoms with Crippen molar-refractivity contribution in [3.63, 3.8) is 0 Å². The van der Waals surface area contributed by atoms with Crippen molar-refractivity contribution in [2.45, 2.75) is 51.3 Å². The lowest BCUT2D eigenvalue weighted by Crippen LogP contribution is -2.48. The van der Waals surface area contributed by atoms with Crippen LogP contribution in [0.1, 0.15) is 33.1 Å². The smallest absolute Gasteiger partial charge is 0.224 e. The summed E-state index contributed by atoms with van der Waals surface area (Å²) in [5.41, 5.74) is 0. The number of hydrogen-bond donors (Lipinski definition) is 2. The standard InChI is InChI=1S/C12H22N2O2/c1-8-3-4-10(7-13-8)12(15)14-11-5-6-16-9(11)2/h8-11,13H,3-7H2,1-2H3,(H,14,15). The van der Waals surface area contributed by atoms with Gasteiger partial charge in [-0.3, -0.25) is 4.79 Å². The minimum atomic E-state index is 0.143. The molecular weight excluding hydrogens is 204 g/mol. The Labute approximate surface area is 97.1 Å². The molecule has 0 aromatic carbocycles. The van der Waals surface area contributed by atoms with Gasteiger partial charge in [-0.05, 0) is 33.1 Å². The first-order valence-corrected chi connectivity index (χ1v) is 6.32. The highest BCUT2D eigenvalue weighted by atomic mass is 16.5. The summed E-state index contributed by atoms with van der Waals surface area (Å²) >= 11 is 0. The van der Waals surface area contributed by atoms with Crippen molar-refractivity contribution in [2.24, 2.45) is 5.92 Å². The van der Waals surface area contributed by atoms with Crippen LogP contribution in [0.3, 0.4) is 0 Å². The van der Waals surface area contributed by atoms with Crippen molar-refractivity contribution < 1.29 is 9.53 Å². The number of amides is 1. The molecule has 1 amide bonds. The van der Waals surface area contributed by atoms with Crippen LogP contribution in [-0.4, -0.2) is 37.2 Å². The number of carbonyl (C=O) groups excluding carboxylic acids is 1. The topological polar surface area (TPSA) is 50.4 Å². The summed E-state index contributed by atoms with van der Waals surface area (Å²) < 4.78 is 5.44. The van der Waals surface area contributed by atoms with E-state index >= 15 is 0 Å². The molecule has 92 valence electrons. The summed E-state index contributed by atoms with van der Waals surface area (Å²) in [6.45, 7) is 5.78. The molecule has 0 aliphatic carbocycles. The van der Waals surface area contributed by atoms with Crippen LogP contribution in [0.15, 0.2) is 0 Å². The number of rotatable bonds is 2. The van der Waals surface area contributed by atoms with E-state index in [2.05, 4.69) is 17.6 Å². The predicted molar refractivity (Wildman–Crippen MR) is 62.2 cm³/mol. The highest BCUT2D eigenvalue weighted by molar-refractivity contribution is 5.79. The summed E-state index contributed by atoms with van der Waals surface area (Å²) in [6, 6.07) is 0.768. The number of carbonyl (C=O) groups is 1. The summed E-state index contributed by atoms with van der Waals surface area (Å²) in [7, 11) is 0. The van der Waals surface area contributed by atoms with E-state index in [4.69, 9.17) is 4.74 Å². The average Bonchev–Trinajstić information content (AvgIpc) is 2.65. The SMILES string of the molecule is CC1CCC(C(=O)NC2CCOC2C)CN1. The second-order valence-electron chi connectivity index (χ2n) is 5.06. The quantitative estimate of drug-likeness (QED) is 0.727. The molecule has 0 aromatic rings. The second-order valence-corrected chi connectivity index (χ2v) is 5.06. The lowest BCUT2D eigenvalue weighted by molar-refractivity contribution is -0.126. The van der Waals surface area contributed by atoms with Gasteiger partial charge in [0.1, 0.15) is 0 Å². The number of hydrogen-bond acceptors (Lipinski definition) is 3. The molecule has 2 rings (SSSR count). The van der Waals surface area contributed by atoms with Crippen LogP contribution >= 0.6 is 0 Å². The van der Waals surface area contributed by atoms with Crippen LogP contribution in [0.25, 0.3) is 0 Å². The Morgan fingerprint density at radius 2 is 2.12 bits per heavy atom. The van der Waals surface area contributed by atoms with Gasteiger partial charge in [0, 0.05) is 19.2 Å². The third kappa shape index (κ3) is 2.74. The van der Waals surface area contributed by atoms with E-state index < -0.39 is 0 Å². The molecule has 4 unspecified atom stereocenters. The maximum Gasteiger partial charge on any atom is 0.224 e. The van der Waals surface area contributed by atoms with Gasteiger partial charge in [0.25, 0.3) is 0 Å². The van der Waals surface area contributed by atoms with Crippen LogP contribution in [0, 0.1) is 5.92 Å². The van der Waals surface area contributed by atoms with Crippen LogP contribution in [-0.2, 0) is 9.53 Å². The average molecular weight is 226 g/mol. The van der Waals surface area contributed by atoms with Gasteiger partial charge >= 0.3 is 0 Å². The normalized spacial score (nSPS) is 39.6. The van der Waals surface area contributed by atoms with Crippen molar-refractivity contribution in [1.82, 2.24) is 10.6 Å². The van der Waals surface area contributed by atoms with E-state index in [1.165, 1.54) is 0 Å². The Kier molecular flexibility index (Phi) is 3.82. The molecule has 2 fully saturated rings. The molecule has 0 saturated carbocycles. The Morgan fingerprint density at radius 3 is 2.69 bits per heavy atom. The van der Waals surface area contributed by atoms with Gasteiger partial charge in [0.2, 0.25) is 5.91 Å². The maximum absolute atomic E-state index is 12.0. The molecule has 0 bridgehead atoms. The predicted octanol–water partition coefficient (Wildman–Crippen LogP) is 0.668. The van der Waals surface area contributed by atoms with E-state index in [1.54, 1.807) is 0 Å². The molecule has 2 saturated heterocycles. The molecule has 2 aliphatic rings. The Hall–Kier alpha value is -0.610. The van der Waals surface area contributed by atoms with Crippen LogP contribution in [0.2, 0.25) is 0 Å². The molecule has 2 heterocycles. The fourth-order valence-electron chi connectivity index (χ4n) is 2.44. The first kappa shape index (κ1) is 11.9. The minimum absolute atomic E-state index is 0.143. The summed E-state index contributed by atoms with van der Waals surface area (Å²) in [5.74, 6) is 0.339. The number of piperidine rings is 1. The minimum Gasteiger partial charge on any atom is -0.376 e. The van der Waals surface area contributed by atoms with Crippen molar-refractivity contribution >= 4 is 5.91 Å². The molecule has 2 N–H and O–H groups in total.